The van der Waals surface area contributed by atoms with Gasteiger partial charge in [0.1, 0.15) is 0 Å². The zero-order chi connectivity index (χ0) is 15.1. The van der Waals surface area contributed by atoms with Gasteiger partial charge >= 0.3 is 147 Å². The molecule has 4 rings (SSSR count). The van der Waals surface area contributed by atoms with Gasteiger partial charge in [-0.25, -0.2) is 0 Å². The van der Waals surface area contributed by atoms with Crippen molar-refractivity contribution in [3.05, 3.63) is 86.2 Å². The minimum absolute atomic E-state index is 1.06. The molecule has 22 heavy (non-hydrogen) atoms. The molecule has 0 radical (unpaired) electrons. The molecule has 0 saturated carbocycles. The Morgan fingerprint density at radius 2 is 1.73 bits per heavy atom. The summed E-state index contributed by atoms with van der Waals surface area (Å²) < 4.78 is 1.50. The monoisotopic (exact) mass is 359 g/mol. The molecule has 0 aliphatic heterocycles. The third-order valence-corrected chi connectivity index (χ3v) is 5.92. The van der Waals surface area contributed by atoms with Crippen molar-refractivity contribution in [2.45, 2.75) is 19.8 Å². The molecule has 0 unspecified atom stereocenters. The second kappa shape index (κ2) is 5.63. The molecule has 0 saturated heterocycles. The summed E-state index contributed by atoms with van der Waals surface area (Å²) in [6, 6.07) is 15.6. The van der Waals surface area contributed by atoms with Crippen molar-refractivity contribution >= 4 is 5.57 Å². The van der Waals surface area contributed by atoms with E-state index in [0.29, 0.717) is 0 Å². The van der Waals surface area contributed by atoms with Crippen LogP contribution in [0.25, 0.3) is 16.7 Å². The van der Waals surface area contributed by atoms with Gasteiger partial charge in [-0.15, -0.1) is 0 Å². The number of hydrogen-bond donors (Lipinski definition) is 0. The maximum atomic E-state index is 2.34. The molecular weight excluding hydrogens is 343 g/mol. The van der Waals surface area contributed by atoms with Gasteiger partial charge in [0, 0.05) is 0 Å². The summed E-state index contributed by atoms with van der Waals surface area (Å²) in [4.78, 5) is 0. The first-order valence-electron chi connectivity index (χ1n) is 7.84. The molecule has 0 N–H and O–H groups in total. The summed E-state index contributed by atoms with van der Waals surface area (Å²) in [5, 5.41) is 0. The second-order valence-electron chi connectivity index (χ2n) is 5.86. The molecule has 0 bridgehead atoms. The quantitative estimate of drug-likeness (QED) is 0.572. The van der Waals surface area contributed by atoms with Crippen LogP contribution in [-0.2, 0) is 31.1 Å². The molecular formula is C21H17Zr. The van der Waals surface area contributed by atoms with Crippen molar-refractivity contribution in [2.75, 3.05) is 0 Å². The molecule has 0 aromatic heterocycles. The van der Waals surface area contributed by atoms with E-state index in [2.05, 4.69) is 67.6 Å². The average Bonchev–Trinajstić information content (AvgIpc) is 3.09. The van der Waals surface area contributed by atoms with E-state index in [1.807, 2.05) is 0 Å². The van der Waals surface area contributed by atoms with E-state index in [9.17, 15) is 0 Å². The van der Waals surface area contributed by atoms with Crippen LogP contribution in [0, 0.1) is 0 Å². The van der Waals surface area contributed by atoms with E-state index in [-0.39, 0.29) is 0 Å². The summed E-state index contributed by atoms with van der Waals surface area (Å²) in [5.74, 6) is 0. The molecule has 2 aromatic carbocycles. The summed E-state index contributed by atoms with van der Waals surface area (Å²) in [6.45, 7) is 2.21. The van der Waals surface area contributed by atoms with Gasteiger partial charge in [-0.05, 0) is 0 Å². The normalized spacial score (nSPS) is 17.2. The van der Waals surface area contributed by atoms with Gasteiger partial charge in [0.15, 0.2) is 0 Å². The van der Waals surface area contributed by atoms with Crippen molar-refractivity contribution in [2.24, 2.45) is 0 Å². The summed E-state index contributed by atoms with van der Waals surface area (Å²) >= 11 is 1.50. The van der Waals surface area contributed by atoms with Crippen molar-refractivity contribution in [1.29, 1.82) is 0 Å². The Bertz CT molecular complexity index is 850. The molecule has 1 heteroatoms. The fourth-order valence-electron chi connectivity index (χ4n) is 3.52. The first-order valence-corrected chi connectivity index (χ1v) is 9.07. The van der Waals surface area contributed by atoms with Crippen LogP contribution in [-0.4, -0.2) is 0 Å². The van der Waals surface area contributed by atoms with Gasteiger partial charge in [-0.3, -0.25) is 0 Å². The molecule has 2 aromatic rings. The zero-order valence-corrected chi connectivity index (χ0v) is 15.1. The molecule has 2 aliphatic carbocycles. The predicted molar refractivity (Wildman–Crippen MR) is 89.1 cm³/mol. The number of fused-ring (bicyclic) bond motifs is 3. The van der Waals surface area contributed by atoms with Crippen molar-refractivity contribution in [1.82, 2.24) is 0 Å². The van der Waals surface area contributed by atoms with Gasteiger partial charge in [0.2, 0.25) is 0 Å². The first kappa shape index (κ1) is 14.2. The Kier molecular flexibility index (Phi) is 3.62. The van der Waals surface area contributed by atoms with Crippen LogP contribution in [0.4, 0.5) is 0 Å². The van der Waals surface area contributed by atoms with Crippen LogP contribution < -0.4 is 0 Å². The number of rotatable bonds is 2. The van der Waals surface area contributed by atoms with E-state index in [1.165, 1.54) is 67.0 Å². The molecule has 0 amide bonds. The Hall–Kier alpha value is -1.46. The maximum absolute atomic E-state index is 2.34. The fourth-order valence-corrected chi connectivity index (χ4v) is 4.51. The van der Waals surface area contributed by atoms with Crippen molar-refractivity contribution in [3.8, 4) is 11.1 Å². The second-order valence-corrected chi connectivity index (χ2v) is 7.08. The van der Waals surface area contributed by atoms with Crippen LogP contribution in [0.3, 0.4) is 0 Å². The van der Waals surface area contributed by atoms with Crippen molar-refractivity contribution < 1.29 is 24.7 Å². The molecule has 0 atom stereocenters. The molecule has 0 fully saturated rings. The molecule has 0 nitrogen and oxygen atoms in total. The van der Waals surface area contributed by atoms with Gasteiger partial charge in [0.25, 0.3) is 0 Å². The SMILES string of the molecule is CCC=C1C=CC(c2cccc3c2Cc2ccccc2-3)=[C]1[Zr]. The molecule has 105 valence electrons. The Morgan fingerprint density at radius 1 is 0.955 bits per heavy atom. The van der Waals surface area contributed by atoms with Crippen LogP contribution in [0.15, 0.2) is 69.5 Å². The summed E-state index contributed by atoms with van der Waals surface area (Å²) in [5.41, 5.74) is 10.1. The van der Waals surface area contributed by atoms with Crippen LogP contribution in [0.1, 0.15) is 30.0 Å². The third-order valence-electron chi connectivity index (χ3n) is 4.55. The number of allylic oxidation sites excluding steroid dienone is 6. The van der Waals surface area contributed by atoms with Gasteiger partial charge in [0.05, 0.1) is 0 Å². The van der Waals surface area contributed by atoms with E-state index in [1.54, 1.807) is 0 Å². The van der Waals surface area contributed by atoms with Crippen LogP contribution >= 0.6 is 0 Å². The molecule has 0 spiro atoms. The van der Waals surface area contributed by atoms with E-state index in [0.717, 1.165) is 12.8 Å². The topological polar surface area (TPSA) is 0 Å². The first-order chi connectivity index (χ1) is 10.8. The van der Waals surface area contributed by atoms with E-state index < -0.39 is 0 Å². The number of hydrogen-bond acceptors (Lipinski definition) is 0. The standard InChI is InChI=1S/C21H17.Zr/c1-2-6-15-11-12-17(13-15)19-9-5-10-20-18-8-4-3-7-16(18)14-21(19)20;/h3-12H,2,14H2,1H3;. The van der Waals surface area contributed by atoms with Gasteiger partial charge in [-0.2, -0.15) is 0 Å². The minimum atomic E-state index is 1.06. The Morgan fingerprint density at radius 3 is 2.59 bits per heavy atom. The van der Waals surface area contributed by atoms with Crippen LogP contribution in [0.2, 0.25) is 0 Å². The van der Waals surface area contributed by atoms with E-state index in [4.69, 9.17) is 0 Å². The van der Waals surface area contributed by atoms with Crippen LogP contribution in [0.5, 0.6) is 0 Å². The number of benzene rings is 2. The molecule has 0 heterocycles. The zero-order valence-electron chi connectivity index (χ0n) is 12.7. The Labute approximate surface area is 147 Å². The fraction of sp³-hybridized carbons (Fsp3) is 0.143. The average molecular weight is 361 g/mol. The van der Waals surface area contributed by atoms with Gasteiger partial charge < -0.3 is 0 Å². The summed E-state index contributed by atoms with van der Waals surface area (Å²) in [6.07, 6.45) is 9.10. The van der Waals surface area contributed by atoms with Gasteiger partial charge in [-0.1, -0.05) is 0 Å². The summed E-state index contributed by atoms with van der Waals surface area (Å²) in [7, 11) is 0. The molecule has 2 aliphatic rings. The van der Waals surface area contributed by atoms with E-state index >= 15 is 0 Å². The predicted octanol–water partition coefficient (Wildman–Crippen LogP) is 5.42. The van der Waals surface area contributed by atoms with Crippen molar-refractivity contribution in [3.63, 3.8) is 0 Å². The third kappa shape index (κ3) is 2.15. The Balaban J connectivity index is 1.88.